The van der Waals surface area contributed by atoms with E-state index in [1.54, 1.807) is 4.90 Å². The van der Waals surface area contributed by atoms with Crippen molar-refractivity contribution in [2.75, 3.05) is 33.3 Å². The van der Waals surface area contributed by atoms with Gasteiger partial charge < -0.3 is 15.0 Å². The van der Waals surface area contributed by atoms with Crippen molar-refractivity contribution in [2.24, 2.45) is 11.8 Å². The number of likely N-dealkylation sites (N-methyl/N-ethyl adjacent to an activating group) is 1. The lowest BCUT2D eigenvalue weighted by Crippen LogP contribution is -2.35. The highest BCUT2D eigenvalue weighted by Crippen LogP contribution is 2.24. The number of carbonyl (C=O) groups excluding carboxylic acids is 1. The SMILES string of the molecule is Cc1ccccc1OCCN(C)C(=O)CC(C)C1CCNCC1.Cl. The number of nitrogens with one attached hydrogen (secondary N) is 1. The zero-order valence-electron chi connectivity index (χ0n) is 15.1. The molecular formula is C19H31ClN2O2. The zero-order chi connectivity index (χ0) is 16.7. The quantitative estimate of drug-likeness (QED) is 0.817. The van der Waals surface area contributed by atoms with Crippen molar-refractivity contribution < 1.29 is 9.53 Å². The van der Waals surface area contributed by atoms with E-state index in [2.05, 4.69) is 12.2 Å². The summed E-state index contributed by atoms with van der Waals surface area (Å²) in [6.07, 6.45) is 3.02. The fourth-order valence-corrected chi connectivity index (χ4v) is 3.15. The lowest BCUT2D eigenvalue weighted by molar-refractivity contribution is -0.131. The number of hydrogen-bond donors (Lipinski definition) is 1. The molecular weight excluding hydrogens is 324 g/mol. The van der Waals surface area contributed by atoms with Crippen molar-refractivity contribution in [1.29, 1.82) is 0 Å². The van der Waals surface area contributed by atoms with E-state index < -0.39 is 0 Å². The number of para-hydroxylation sites is 1. The standard InChI is InChI=1S/C19H30N2O2.ClH/c1-15-6-4-5-7-18(15)23-13-12-21(3)19(22)14-16(2)17-8-10-20-11-9-17;/h4-7,16-17,20H,8-14H2,1-3H3;1H. The predicted molar refractivity (Wildman–Crippen MR) is 101 cm³/mol. The highest BCUT2D eigenvalue weighted by atomic mass is 35.5. The third-order valence-corrected chi connectivity index (χ3v) is 4.89. The lowest BCUT2D eigenvalue weighted by Gasteiger charge is -2.29. The van der Waals surface area contributed by atoms with Crippen LogP contribution in [0.4, 0.5) is 0 Å². The number of ether oxygens (including phenoxy) is 1. The molecule has 1 aromatic rings. The molecule has 1 unspecified atom stereocenters. The van der Waals surface area contributed by atoms with Crippen molar-refractivity contribution >= 4 is 18.3 Å². The van der Waals surface area contributed by atoms with Crippen LogP contribution < -0.4 is 10.1 Å². The Balaban J connectivity index is 0.00000288. The summed E-state index contributed by atoms with van der Waals surface area (Å²) in [6.45, 7) is 7.59. The van der Waals surface area contributed by atoms with E-state index in [0.717, 1.165) is 24.4 Å². The topological polar surface area (TPSA) is 41.6 Å². The molecule has 0 spiro atoms. The molecule has 0 radical (unpaired) electrons. The fourth-order valence-electron chi connectivity index (χ4n) is 3.15. The van der Waals surface area contributed by atoms with Gasteiger partial charge in [-0.2, -0.15) is 0 Å². The molecule has 0 aromatic heterocycles. The van der Waals surface area contributed by atoms with Gasteiger partial charge in [0.2, 0.25) is 5.91 Å². The Morgan fingerprint density at radius 2 is 2.00 bits per heavy atom. The Labute approximate surface area is 152 Å². The summed E-state index contributed by atoms with van der Waals surface area (Å²) >= 11 is 0. The number of amides is 1. The summed E-state index contributed by atoms with van der Waals surface area (Å²) in [4.78, 5) is 14.2. The number of halogens is 1. The van der Waals surface area contributed by atoms with Gasteiger partial charge in [0.05, 0.1) is 6.54 Å². The van der Waals surface area contributed by atoms with Gasteiger partial charge in [0.15, 0.2) is 0 Å². The minimum Gasteiger partial charge on any atom is -0.491 e. The van der Waals surface area contributed by atoms with Crippen LogP contribution in [0, 0.1) is 18.8 Å². The highest BCUT2D eigenvalue weighted by Gasteiger charge is 2.23. The number of benzene rings is 1. The smallest absolute Gasteiger partial charge is 0.222 e. The molecule has 5 heteroatoms. The van der Waals surface area contributed by atoms with Gasteiger partial charge in [-0.3, -0.25) is 4.79 Å². The van der Waals surface area contributed by atoms with Gasteiger partial charge in [-0.05, 0) is 56.3 Å². The van der Waals surface area contributed by atoms with Crippen molar-refractivity contribution in [3.8, 4) is 5.75 Å². The number of aryl methyl sites for hydroxylation is 1. The van der Waals surface area contributed by atoms with Gasteiger partial charge in [0.1, 0.15) is 12.4 Å². The molecule has 0 bridgehead atoms. The van der Waals surface area contributed by atoms with Crippen LogP contribution in [0.5, 0.6) is 5.75 Å². The highest BCUT2D eigenvalue weighted by molar-refractivity contribution is 5.85. The molecule has 1 saturated heterocycles. The second-order valence-electron chi connectivity index (χ2n) is 6.70. The maximum absolute atomic E-state index is 12.4. The third-order valence-electron chi connectivity index (χ3n) is 4.89. The van der Waals surface area contributed by atoms with Gasteiger partial charge in [0, 0.05) is 13.5 Å². The van der Waals surface area contributed by atoms with Gasteiger partial charge in [0.25, 0.3) is 0 Å². The Hall–Kier alpha value is -1.26. The second-order valence-corrected chi connectivity index (χ2v) is 6.70. The van der Waals surface area contributed by atoms with Gasteiger partial charge in [-0.1, -0.05) is 25.1 Å². The minimum atomic E-state index is 0. The Kier molecular flexibility index (Phi) is 9.16. The Morgan fingerprint density at radius 1 is 1.33 bits per heavy atom. The number of rotatable bonds is 7. The molecule has 1 N–H and O–H groups in total. The summed E-state index contributed by atoms with van der Waals surface area (Å²) < 4.78 is 5.78. The number of nitrogens with zero attached hydrogens (tertiary/aromatic N) is 1. The molecule has 1 atom stereocenters. The van der Waals surface area contributed by atoms with E-state index >= 15 is 0 Å². The molecule has 0 aliphatic carbocycles. The minimum absolute atomic E-state index is 0. The molecule has 1 aliphatic heterocycles. The average molecular weight is 355 g/mol. The molecule has 1 fully saturated rings. The number of piperidine rings is 1. The van der Waals surface area contributed by atoms with Crippen LogP contribution in [0.25, 0.3) is 0 Å². The largest absolute Gasteiger partial charge is 0.491 e. The molecule has 136 valence electrons. The van der Waals surface area contributed by atoms with Gasteiger partial charge in [-0.15, -0.1) is 12.4 Å². The maximum atomic E-state index is 12.4. The molecule has 2 rings (SSSR count). The predicted octanol–water partition coefficient (Wildman–Crippen LogP) is 3.28. The van der Waals surface area contributed by atoms with E-state index in [-0.39, 0.29) is 18.3 Å². The van der Waals surface area contributed by atoms with Gasteiger partial charge >= 0.3 is 0 Å². The summed E-state index contributed by atoms with van der Waals surface area (Å²) in [7, 11) is 1.87. The summed E-state index contributed by atoms with van der Waals surface area (Å²) in [5, 5.41) is 3.38. The average Bonchev–Trinajstić information content (AvgIpc) is 2.57. The first-order valence-electron chi connectivity index (χ1n) is 8.71. The first-order valence-corrected chi connectivity index (χ1v) is 8.71. The van der Waals surface area contributed by atoms with E-state index in [0.29, 0.717) is 31.4 Å². The molecule has 1 amide bonds. The van der Waals surface area contributed by atoms with E-state index in [9.17, 15) is 4.79 Å². The Bertz CT molecular complexity index is 504. The molecule has 0 saturated carbocycles. The summed E-state index contributed by atoms with van der Waals surface area (Å²) in [5.74, 6) is 2.27. The van der Waals surface area contributed by atoms with Crippen molar-refractivity contribution in [3.05, 3.63) is 29.8 Å². The van der Waals surface area contributed by atoms with Gasteiger partial charge in [-0.25, -0.2) is 0 Å². The molecule has 1 heterocycles. The normalized spacial score (nSPS) is 16.1. The monoisotopic (exact) mass is 354 g/mol. The molecule has 1 aliphatic rings. The van der Waals surface area contributed by atoms with E-state index in [4.69, 9.17) is 4.74 Å². The van der Waals surface area contributed by atoms with Crippen LogP contribution in [0.1, 0.15) is 31.7 Å². The lowest BCUT2D eigenvalue weighted by atomic mass is 9.84. The molecule has 1 aromatic carbocycles. The molecule has 4 nitrogen and oxygen atoms in total. The van der Waals surface area contributed by atoms with Crippen molar-refractivity contribution in [1.82, 2.24) is 10.2 Å². The summed E-state index contributed by atoms with van der Waals surface area (Å²) in [6, 6.07) is 7.97. The van der Waals surface area contributed by atoms with Crippen molar-refractivity contribution in [3.63, 3.8) is 0 Å². The van der Waals surface area contributed by atoms with Crippen LogP contribution in [0.2, 0.25) is 0 Å². The van der Waals surface area contributed by atoms with E-state index in [1.807, 2.05) is 38.2 Å². The zero-order valence-corrected chi connectivity index (χ0v) is 15.9. The van der Waals surface area contributed by atoms with Crippen LogP contribution in [-0.4, -0.2) is 44.1 Å². The van der Waals surface area contributed by atoms with Crippen molar-refractivity contribution in [2.45, 2.75) is 33.1 Å². The number of carbonyl (C=O) groups is 1. The van der Waals surface area contributed by atoms with Crippen LogP contribution in [0.3, 0.4) is 0 Å². The first kappa shape index (κ1) is 20.8. The summed E-state index contributed by atoms with van der Waals surface area (Å²) in [5.41, 5.74) is 1.13. The fraction of sp³-hybridized carbons (Fsp3) is 0.632. The first-order chi connectivity index (χ1) is 11.1. The van der Waals surface area contributed by atoms with Crippen LogP contribution >= 0.6 is 12.4 Å². The molecule has 24 heavy (non-hydrogen) atoms. The Morgan fingerprint density at radius 3 is 2.67 bits per heavy atom. The maximum Gasteiger partial charge on any atom is 0.222 e. The third kappa shape index (κ3) is 6.33. The number of hydrogen-bond acceptors (Lipinski definition) is 3. The van der Waals surface area contributed by atoms with Crippen LogP contribution in [0.15, 0.2) is 24.3 Å². The van der Waals surface area contributed by atoms with E-state index in [1.165, 1.54) is 12.8 Å². The second kappa shape index (κ2) is 10.6. The van der Waals surface area contributed by atoms with Crippen LogP contribution in [-0.2, 0) is 4.79 Å².